The van der Waals surface area contributed by atoms with E-state index in [2.05, 4.69) is 21.8 Å². The molecule has 0 bridgehead atoms. The highest BCUT2D eigenvalue weighted by molar-refractivity contribution is 5.94. The molecule has 4 rings (SSSR count). The first kappa shape index (κ1) is 17.3. The molecule has 0 radical (unpaired) electrons. The molecule has 3 aromatic rings. The van der Waals surface area contributed by atoms with Gasteiger partial charge in [0.15, 0.2) is 0 Å². The van der Waals surface area contributed by atoms with Gasteiger partial charge < -0.3 is 10.1 Å². The van der Waals surface area contributed by atoms with E-state index in [0.29, 0.717) is 12.2 Å². The lowest BCUT2D eigenvalue weighted by Gasteiger charge is -2.31. The molecule has 0 saturated carbocycles. The number of pyridine rings is 1. The summed E-state index contributed by atoms with van der Waals surface area (Å²) in [4.78, 5) is 21.9. The third-order valence-corrected chi connectivity index (χ3v) is 4.73. The number of benzene rings is 1. The Bertz CT molecular complexity index is 1010. The molecule has 138 valence electrons. The quantitative estimate of drug-likeness (QED) is 0.693. The van der Waals surface area contributed by atoms with Gasteiger partial charge in [-0.25, -0.2) is 9.78 Å². The van der Waals surface area contributed by atoms with E-state index in [1.165, 1.54) is 0 Å². The zero-order valence-electron chi connectivity index (χ0n) is 15.5. The molecule has 1 aliphatic rings. The van der Waals surface area contributed by atoms with Crippen LogP contribution in [0.1, 0.15) is 38.3 Å². The Morgan fingerprint density at radius 3 is 2.70 bits per heavy atom. The van der Waals surface area contributed by atoms with Gasteiger partial charge in [0.05, 0.1) is 29.3 Å². The molecular formula is C21H22N4O2. The van der Waals surface area contributed by atoms with Gasteiger partial charge in [-0.15, -0.1) is 0 Å². The number of carbonyl (C=O) groups is 1. The van der Waals surface area contributed by atoms with Crippen LogP contribution < -0.4 is 5.32 Å². The standard InChI is InChI=1S/C21H22N4O2/c1-3-7-16-18(20(26)27-4-2)19(14-10-12-22-13-11-14)25-17-9-6-5-8-15(17)23-21(25)24-16/h5-6,8-13,19H,3-4,7H2,1-2H3,(H,23,24)/t19-/m0/s1. The third kappa shape index (κ3) is 2.97. The van der Waals surface area contributed by atoms with Crippen molar-refractivity contribution in [1.29, 1.82) is 0 Å². The summed E-state index contributed by atoms with van der Waals surface area (Å²) in [6, 6.07) is 11.5. The summed E-state index contributed by atoms with van der Waals surface area (Å²) in [6.07, 6.45) is 5.16. The van der Waals surface area contributed by atoms with Crippen molar-refractivity contribution in [3.05, 3.63) is 65.6 Å². The number of nitrogens with zero attached hydrogens (tertiary/aromatic N) is 3. The molecule has 6 heteroatoms. The van der Waals surface area contributed by atoms with Gasteiger partial charge in [-0.2, -0.15) is 0 Å². The smallest absolute Gasteiger partial charge is 0.338 e. The van der Waals surface area contributed by atoms with Crippen LogP contribution >= 0.6 is 0 Å². The third-order valence-electron chi connectivity index (χ3n) is 4.73. The number of anilines is 1. The van der Waals surface area contributed by atoms with Gasteiger partial charge in [0.2, 0.25) is 5.95 Å². The Morgan fingerprint density at radius 1 is 1.19 bits per heavy atom. The monoisotopic (exact) mass is 362 g/mol. The van der Waals surface area contributed by atoms with E-state index in [-0.39, 0.29) is 12.0 Å². The lowest BCUT2D eigenvalue weighted by Crippen LogP contribution is -2.29. The molecule has 1 N–H and O–H groups in total. The van der Waals surface area contributed by atoms with Gasteiger partial charge in [0, 0.05) is 18.1 Å². The lowest BCUT2D eigenvalue weighted by molar-refractivity contribution is -0.139. The maximum Gasteiger partial charge on any atom is 0.338 e. The average Bonchev–Trinajstić information content (AvgIpc) is 3.06. The molecule has 0 aliphatic carbocycles. The number of nitrogens with one attached hydrogen (secondary N) is 1. The number of carbonyl (C=O) groups excluding carboxylic acids is 1. The molecule has 0 unspecified atom stereocenters. The molecule has 0 saturated heterocycles. The van der Waals surface area contributed by atoms with Crippen molar-refractivity contribution in [2.75, 3.05) is 11.9 Å². The number of para-hydroxylation sites is 2. The Labute approximate surface area is 157 Å². The first-order valence-corrected chi connectivity index (χ1v) is 9.28. The Kier molecular flexibility index (Phi) is 4.62. The normalized spacial score (nSPS) is 16.1. The summed E-state index contributed by atoms with van der Waals surface area (Å²) in [5.74, 6) is 0.452. The molecule has 1 aromatic carbocycles. The van der Waals surface area contributed by atoms with Crippen LogP contribution in [-0.2, 0) is 9.53 Å². The van der Waals surface area contributed by atoms with E-state index in [9.17, 15) is 4.79 Å². The zero-order valence-corrected chi connectivity index (χ0v) is 15.5. The topological polar surface area (TPSA) is 69.0 Å². The number of hydrogen-bond donors (Lipinski definition) is 1. The predicted molar refractivity (Wildman–Crippen MR) is 104 cm³/mol. The van der Waals surface area contributed by atoms with Crippen LogP contribution in [0.2, 0.25) is 0 Å². The van der Waals surface area contributed by atoms with Gasteiger partial charge in [-0.1, -0.05) is 25.5 Å². The first-order valence-electron chi connectivity index (χ1n) is 9.28. The number of hydrogen-bond acceptors (Lipinski definition) is 5. The summed E-state index contributed by atoms with van der Waals surface area (Å²) < 4.78 is 7.51. The Morgan fingerprint density at radius 2 is 1.96 bits per heavy atom. The highest BCUT2D eigenvalue weighted by Crippen LogP contribution is 2.40. The molecule has 2 aromatic heterocycles. The van der Waals surface area contributed by atoms with E-state index in [1.54, 1.807) is 12.4 Å². The summed E-state index contributed by atoms with van der Waals surface area (Å²) in [5.41, 5.74) is 4.35. The van der Waals surface area contributed by atoms with Crippen LogP contribution in [0.15, 0.2) is 60.1 Å². The minimum atomic E-state index is -0.308. The maximum atomic E-state index is 13.0. The highest BCUT2D eigenvalue weighted by atomic mass is 16.5. The fourth-order valence-corrected chi connectivity index (χ4v) is 3.64. The van der Waals surface area contributed by atoms with Crippen LogP contribution in [0.25, 0.3) is 11.0 Å². The molecule has 27 heavy (non-hydrogen) atoms. The second-order valence-corrected chi connectivity index (χ2v) is 6.46. The van der Waals surface area contributed by atoms with Gasteiger partial charge in [0.25, 0.3) is 0 Å². The van der Waals surface area contributed by atoms with Crippen LogP contribution in [0.5, 0.6) is 0 Å². The van der Waals surface area contributed by atoms with Gasteiger partial charge >= 0.3 is 5.97 Å². The maximum absolute atomic E-state index is 13.0. The van der Waals surface area contributed by atoms with Crippen molar-refractivity contribution in [1.82, 2.24) is 14.5 Å². The van der Waals surface area contributed by atoms with E-state index in [4.69, 9.17) is 9.72 Å². The average molecular weight is 362 g/mol. The fraction of sp³-hybridized carbons (Fsp3) is 0.286. The van der Waals surface area contributed by atoms with E-state index < -0.39 is 0 Å². The van der Waals surface area contributed by atoms with Crippen LogP contribution in [0.3, 0.4) is 0 Å². The summed E-state index contributed by atoms with van der Waals surface area (Å²) in [7, 11) is 0. The minimum absolute atomic E-state index is 0.293. The number of allylic oxidation sites excluding steroid dienone is 1. The molecule has 0 amide bonds. The van der Waals surface area contributed by atoms with Crippen molar-refractivity contribution in [2.45, 2.75) is 32.7 Å². The Balaban J connectivity index is 1.99. The van der Waals surface area contributed by atoms with Crippen molar-refractivity contribution in [3.63, 3.8) is 0 Å². The van der Waals surface area contributed by atoms with Crippen LogP contribution in [0, 0.1) is 0 Å². The van der Waals surface area contributed by atoms with Crippen molar-refractivity contribution < 1.29 is 9.53 Å². The number of rotatable bonds is 5. The predicted octanol–water partition coefficient (Wildman–Crippen LogP) is 4.06. The fourth-order valence-electron chi connectivity index (χ4n) is 3.64. The van der Waals surface area contributed by atoms with E-state index in [0.717, 1.165) is 41.1 Å². The first-order chi connectivity index (χ1) is 13.2. The number of fused-ring (bicyclic) bond motifs is 3. The second-order valence-electron chi connectivity index (χ2n) is 6.46. The summed E-state index contributed by atoms with van der Waals surface area (Å²) in [6.45, 7) is 4.26. The van der Waals surface area contributed by atoms with Crippen molar-refractivity contribution in [3.8, 4) is 0 Å². The summed E-state index contributed by atoms with van der Waals surface area (Å²) >= 11 is 0. The number of aromatic nitrogens is 3. The van der Waals surface area contributed by atoms with E-state index >= 15 is 0 Å². The molecule has 0 fully saturated rings. The van der Waals surface area contributed by atoms with Crippen molar-refractivity contribution in [2.24, 2.45) is 0 Å². The van der Waals surface area contributed by atoms with Crippen molar-refractivity contribution >= 4 is 23.0 Å². The summed E-state index contributed by atoms with van der Waals surface area (Å²) in [5, 5.41) is 3.39. The number of ether oxygens (including phenoxy) is 1. The number of esters is 1. The second kappa shape index (κ2) is 7.23. The molecule has 6 nitrogen and oxygen atoms in total. The largest absolute Gasteiger partial charge is 0.463 e. The molecule has 1 aliphatic heterocycles. The van der Waals surface area contributed by atoms with Crippen LogP contribution in [0.4, 0.5) is 5.95 Å². The van der Waals surface area contributed by atoms with Gasteiger partial charge in [-0.3, -0.25) is 9.55 Å². The number of imidazole rings is 1. The highest BCUT2D eigenvalue weighted by Gasteiger charge is 2.35. The SMILES string of the molecule is CCCC1=C(C(=O)OCC)[C@H](c2ccncc2)n2c(nc3ccccc32)N1. The molecule has 1 atom stereocenters. The lowest BCUT2D eigenvalue weighted by atomic mass is 9.94. The van der Waals surface area contributed by atoms with Gasteiger partial charge in [0.1, 0.15) is 0 Å². The molecule has 0 spiro atoms. The Hall–Kier alpha value is -3.15. The van der Waals surface area contributed by atoms with Crippen LogP contribution in [-0.4, -0.2) is 27.1 Å². The zero-order chi connectivity index (χ0) is 18.8. The molecule has 3 heterocycles. The minimum Gasteiger partial charge on any atom is -0.463 e. The van der Waals surface area contributed by atoms with Gasteiger partial charge in [-0.05, 0) is 43.2 Å². The van der Waals surface area contributed by atoms with E-state index in [1.807, 2.05) is 43.3 Å². The molecular weight excluding hydrogens is 340 g/mol.